The summed E-state index contributed by atoms with van der Waals surface area (Å²) in [6, 6.07) is 0. The molecular formula is C13H22N4. The van der Waals surface area contributed by atoms with Crippen molar-refractivity contribution in [3.05, 3.63) is 17.1 Å². The van der Waals surface area contributed by atoms with Crippen LogP contribution in [0.1, 0.15) is 43.8 Å². The molecule has 1 aliphatic heterocycles. The van der Waals surface area contributed by atoms with Crippen LogP contribution in [-0.4, -0.2) is 29.6 Å². The predicted molar refractivity (Wildman–Crippen MR) is 70.6 cm³/mol. The first-order chi connectivity index (χ1) is 8.22. The van der Waals surface area contributed by atoms with Crippen LogP contribution in [0.3, 0.4) is 0 Å². The van der Waals surface area contributed by atoms with Crippen LogP contribution in [0.2, 0.25) is 0 Å². The predicted octanol–water partition coefficient (Wildman–Crippen LogP) is 1.72. The van der Waals surface area contributed by atoms with E-state index in [1.165, 1.54) is 11.3 Å². The highest BCUT2D eigenvalue weighted by Crippen LogP contribution is 2.22. The summed E-state index contributed by atoms with van der Waals surface area (Å²) in [6.45, 7) is 9.36. The zero-order valence-corrected chi connectivity index (χ0v) is 11.0. The fourth-order valence-electron chi connectivity index (χ4n) is 2.14. The van der Waals surface area contributed by atoms with E-state index in [0.717, 1.165) is 44.1 Å². The fourth-order valence-corrected chi connectivity index (χ4v) is 2.14. The molecule has 4 heteroatoms. The van der Waals surface area contributed by atoms with Crippen molar-refractivity contribution < 1.29 is 0 Å². The molecule has 0 saturated heterocycles. The third kappa shape index (κ3) is 2.75. The minimum absolute atomic E-state index is 0.383. The third-order valence-electron chi connectivity index (χ3n) is 3.06. The number of nitrogens with one attached hydrogen (secondary N) is 2. The summed E-state index contributed by atoms with van der Waals surface area (Å²) < 4.78 is 0. The molecule has 2 rings (SSSR count). The van der Waals surface area contributed by atoms with Gasteiger partial charge in [0.15, 0.2) is 0 Å². The van der Waals surface area contributed by atoms with Gasteiger partial charge in [0.2, 0.25) is 0 Å². The van der Waals surface area contributed by atoms with Crippen molar-refractivity contribution in [2.75, 3.05) is 25.0 Å². The Hall–Kier alpha value is -1.16. The Balaban J connectivity index is 2.43. The minimum Gasteiger partial charge on any atom is -0.370 e. The third-order valence-corrected chi connectivity index (χ3v) is 3.06. The van der Waals surface area contributed by atoms with Crippen molar-refractivity contribution in [3.63, 3.8) is 0 Å². The second-order valence-electron chi connectivity index (χ2n) is 4.79. The summed E-state index contributed by atoms with van der Waals surface area (Å²) in [7, 11) is 0. The van der Waals surface area contributed by atoms with Gasteiger partial charge in [-0.05, 0) is 19.9 Å². The first-order valence-corrected chi connectivity index (χ1v) is 6.56. The number of hydrogen-bond acceptors (Lipinski definition) is 4. The number of nitrogens with zero attached hydrogens (tertiary/aromatic N) is 2. The van der Waals surface area contributed by atoms with Gasteiger partial charge in [0, 0.05) is 31.0 Å². The summed E-state index contributed by atoms with van der Waals surface area (Å²) in [4.78, 5) is 9.39. The summed E-state index contributed by atoms with van der Waals surface area (Å²) in [5, 5.41) is 6.80. The number of hydrogen-bond donors (Lipinski definition) is 2. The first-order valence-electron chi connectivity index (χ1n) is 6.56. The summed E-state index contributed by atoms with van der Waals surface area (Å²) >= 11 is 0. The number of fused-ring (bicyclic) bond motifs is 1. The molecule has 0 aromatic carbocycles. The lowest BCUT2D eigenvalue weighted by atomic mass is 10.1. The van der Waals surface area contributed by atoms with Crippen molar-refractivity contribution >= 4 is 5.82 Å². The van der Waals surface area contributed by atoms with Crippen molar-refractivity contribution in [3.8, 4) is 0 Å². The second-order valence-corrected chi connectivity index (χ2v) is 4.79. The largest absolute Gasteiger partial charge is 0.370 e. The van der Waals surface area contributed by atoms with Gasteiger partial charge in [-0.2, -0.15) is 0 Å². The van der Waals surface area contributed by atoms with E-state index in [2.05, 4.69) is 36.4 Å². The SMILES string of the molecule is CCNc1nc(C(C)C)nc2c1CCNCC2. The molecule has 0 unspecified atom stereocenters. The molecule has 1 aromatic heterocycles. The van der Waals surface area contributed by atoms with E-state index in [4.69, 9.17) is 4.98 Å². The van der Waals surface area contributed by atoms with Gasteiger partial charge in [-0.15, -0.1) is 0 Å². The van der Waals surface area contributed by atoms with Gasteiger partial charge in [0.25, 0.3) is 0 Å². The molecule has 0 aliphatic carbocycles. The van der Waals surface area contributed by atoms with Crippen molar-refractivity contribution in [1.82, 2.24) is 15.3 Å². The Bertz CT molecular complexity index is 387. The van der Waals surface area contributed by atoms with Crippen molar-refractivity contribution in [2.45, 2.75) is 39.5 Å². The van der Waals surface area contributed by atoms with Gasteiger partial charge in [-0.1, -0.05) is 13.8 Å². The van der Waals surface area contributed by atoms with Crippen molar-refractivity contribution in [1.29, 1.82) is 0 Å². The van der Waals surface area contributed by atoms with E-state index in [1.807, 2.05) is 0 Å². The highest BCUT2D eigenvalue weighted by molar-refractivity contribution is 5.47. The maximum atomic E-state index is 4.72. The molecule has 0 atom stereocenters. The van der Waals surface area contributed by atoms with Crippen LogP contribution in [-0.2, 0) is 12.8 Å². The molecule has 0 amide bonds. The quantitative estimate of drug-likeness (QED) is 0.836. The Kier molecular flexibility index (Phi) is 3.94. The normalized spacial score (nSPS) is 15.5. The molecule has 1 aliphatic rings. The highest BCUT2D eigenvalue weighted by atomic mass is 15.0. The van der Waals surface area contributed by atoms with Crippen LogP contribution < -0.4 is 10.6 Å². The Labute approximate surface area is 103 Å². The van der Waals surface area contributed by atoms with Crippen LogP contribution in [0.25, 0.3) is 0 Å². The molecule has 0 bridgehead atoms. The van der Waals surface area contributed by atoms with Crippen LogP contribution >= 0.6 is 0 Å². The van der Waals surface area contributed by atoms with E-state index in [0.29, 0.717) is 5.92 Å². The Morgan fingerprint density at radius 2 is 2.00 bits per heavy atom. The lowest BCUT2D eigenvalue weighted by Gasteiger charge is -2.15. The molecule has 2 N–H and O–H groups in total. The van der Waals surface area contributed by atoms with Crippen LogP contribution in [0.5, 0.6) is 0 Å². The molecule has 1 aromatic rings. The van der Waals surface area contributed by atoms with E-state index < -0.39 is 0 Å². The van der Waals surface area contributed by atoms with E-state index in [1.54, 1.807) is 0 Å². The number of anilines is 1. The molecule has 4 nitrogen and oxygen atoms in total. The van der Waals surface area contributed by atoms with Gasteiger partial charge in [-0.3, -0.25) is 0 Å². The monoisotopic (exact) mass is 234 g/mol. The molecule has 2 heterocycles. The van der Waals surface area contributed by atoms with Crippen LogP contribution in [0.15, 0.2) is 0 Å². The Morgan fingerprint density at radius 3 is 2.71 bits per heavy atom. The average Bonchev–Trinajstić information content (AvgIpc) is 2.54. The molecule has 94 valence electrons. The minimum atomic E-state index is 0.383. The first kappa shape index (κ1) is 12.3. The van der Waals surface area contributed by atoms with E-state index >= 15 is 0 Å². The second kappa shape index (κ2) is 5.45. The molecule has 0 fully saturated rings. The summed E-state index contributed by atoms with van der Waals surface area (Å²) in [6.07, 6.45) is 2.03. The van der Waals surface area contributed by atoms with Crippen LogP contribution in [0, 0.1) is 0 Å². The zero-order chi connectivity index (χ0) is 12.3. The molecule has 17 heavy (non-hydrogen) atoms. The van der Waals surface area contributed by atoms with Gasteiger partial charge < -0.3 is 10.6 Å². The number of rotatable bonds is 3. The van der Waals surface area contributed by atoms with Gasteiger partial charge in [0.05, 0.1) is 5.69 Å². The molecule has 0 saturated carbocycles. The van der Waals surface area contributed by atoms with E-state index in [-0.39, 0.29) is 0 Å². The number of aromatic nitrogens is 2. The van der Waals surface area contributed by atoms with E-state index in [9.17, 15) is 0 Å². The lowest BCUT2D eigenvalue weighted by molar-refractivity contribution is 0.705. The standard InChI is InChI=1S/C13H22N4/c1-4-15-13-10-5-7-14-8-6-11(10)16-12(17-13)9(2)3/h9,14H,4-8H2,1-3H3,(H,15,16,17). The lowest BCUT2D eigenvalue weighted by Crippen LogP contribution is -2.16. The maximum Gasteiger partial charge on any atom is 0.133 e. The maximum absolute atomic E-state index is 4.72. The fraction of sp³-hybridized carbons (Fsp3) is 0.692. The zero-order valence-electron chi connectivity index (χ0n) is 11.0. The smallest absolute Gasteiger partial charge is 0.133 e. The topological polar surface area (TPSA) is 49.8 Å². The molecule has 0 radical (unpaired) electrons. The van der Waals surface area contributed by atoms with Crippen molar-refractivity contribution in [2.24, 2.45) is 0 Å². The van der Waals surface area contributed by atoms with Crippen LogP contribution in [0.4, 0.5) is 5.82 Å². The van der Waals surface area contributed by atoms with Gasteiger partial charge in [-0.25, -0.2) is 9.97 Å². The molecular weight excluding hydrogens is 212 g/mol. The highest BCUT2D eigenvalue weighted by Gasteiger charge is 2.17. The summed E-state index contributed by atoms with van der Waals surface area (Å²) in [5.74, 6) is 2.39. The molecule has 0 spiro atoms. The van der Waals surface area contributed by atoms with Gasteiger partial charge in [0.1, 0.15) is 11.6 Å². The summed E-state index contributed by atoms with van der Waals surface area (Å²) in [5.41, 5.74) is 2.53. The average molecular weight is 234 g/mol. The Morgan fingerprint density at radius 1 is 1.24 bits per heavy atom. The van der Waals surface area contributed by atoms with Gasteiger partial charge >= 0.3 is 0 Å².